The summed E-state index contributed by atoms with van der Waals surface area (Å²) >= 11 is 0. The smallest absolute Gasteiger partial charge is 0.335 e. The lowest BCUT2D eigenvalue weighted by molar-refractivity contribution is 0.0695. The van der Waals surface area contributed by atoms with E-state index in [4.69, 9.17) is 0 Å². The highest BCUT2D eigenvalue weighted by molar-refractivity contribution is 6.00. The van der Waals surface area contributed by atoms with Gasteiger partial charge in [0.15, 0.2) is 0 Å². The summed E-state index contributed by atoms with van der Waals surface area (Å²) in [5, 5.41) is 21.1. The zero-order valence-electron chi connectivity index (χ0n) is 11.3. The first-order chi connectivity index (χ1) is 9.68. The third-order valence-corrected chi connectivity index (χ3v) is 4.32. The first kappa shape index (κ1) is 13.0. The Morgan fingerprint density at radius 3 is 2.45 bits per heavy atom. The van der Waals surface area contributed by atoms with Crippen molar-refractivity contribution in [3.8, 4) is 5.75 Å². The van der Waals surface area contributed by atoms with Crippen LogP contribution in [0, 0.1) is 0 Å². The molecule has 3 heteroatoms. The normalized spacial score (nSPS) is 16.4. The van der Waals surface area contributed by atoms with Gasteiger partial charge in [-0.2, -0.15) is 0 Å². The molecule has 0 spiro atoms. The van der Waals surface area contributed by atoms with Crippen LogP contribution >= 0.6 is 0 Å². The molecular formula is C17H18O3. The van der Waals surface area contributed by atoms with Gasteiger partial charge in [0.05, 0.1) is 5.56 Å². The predicted octanol–water partition coefficient (Wildman–Crippen LogP) is 4.29. The molecule has 0 aromatic heterocycles. The van der Waals surface area contributed by atoms with E-state index in [9.17, 15) is 15.0 Å². The van der Waals surface area contributed by atoms with E-state index in [1.165, 1.54) is 6.42 Å². The molecule has 0 radical (unpaired) electrons. The topological polar surface area (TPSA) is 57.5 Å². The van der Waals surface area contributed by atoms with E-state index in [2.05, 4.69) is 0 Å². The van der Waals surface area contributed by atoms with Crippen LogP contribution in [0.15, 0.2) is 30.3 Å². The summed E-state index contributed by atoms with van der Waals surface area (Å²) in [4.78, 5) is 11.5. The van der Waals surface area contributed by atoms with Gasteiger partial charge >= 0.3 is 5.97 Å². The second-order valence-electron chi connectivity index (χ2n) is 5.54. The molecule has 2 N–H and O–H groups in total. The number of benzene rings is 2. The number of fused-ring (bicyclic) bond motifs is 1. The molecule has 0 unspecified atom stereocenters. The number of hydrogen-bond donors (Lipinski definition) is 2. The van der Waals surface area contributed by atoms with Crippen molar-refractivity contribution in [2.45, 2.75) is 38.0 Å². The Hall–Kier alpha value is -2.03. The third kappa shape index (κ3) is 2.13. The van der Waals surface area contributed by atoms with Gasteiger partial charge in [-0.05, 0) is 47.9 Å². The maximum absolute atomic E-state index is 11.5. The highest BCUT2D eigenvalue weighted by Gasteiger charge is 2.24. The molecule has 0 atom stereocenters. The molecular weight excluding hydrogens is 252 g/mol. The van der Waals surface area contributed by atoms with Gasteiger partial charge in [0.1, 0.15) is 5.75 Å². The fourth-order valence-corrected chi connectivity index (χ4v) is 3.38. The standard InChI is InChI=1S/C17H18O3/c18-15-8-4-7-13-12(15)9-10-14(17(19)20)16(13)11-5-2-1-3-6-11/h4,7-11,18H,1-3,5-6H2,(H,19,20). The zero-order chi connectivity index (χ0) is 14.1. The van der Waals surface area contributed by atoms with E-state index in [0.29, 0.717) is 11.5 Å². The first-order valence-corrected chi connectivity index (χ1v) is 7.16. The molecule has 0 heterocycles. The maximum atomic E-state index is 11.5. The fraction of sp³-hybridized carbons (Fsp3) is 0.353. The predicted molar refractivity (Wildman–Crippen MR) is 78.4 cm³/mol. The van der Waals surface area contributed by atoms with E-state index in [0.717, 1.165) is 42.0 Å². The summed E-state index contributed by atoms with van der Waals surface area (Å²) < 4.78 is 0. The average Bonchev–Trinajstić information content (AvgIpc) is 2.47. The quantitative estimate of drug-likeness (QED) is 0.855. The van der Waals surface area contributed by atoms with E-state index < -0.39 is 5.97 Å². The van der Waals surface area contributed by atoms with Crippen LogP contribution in [0.4, 0.5) is 0 Å². The lowest BCUT2D eigenvalue weighted by Crippen LogP contribution is -2.11. The van der Waals surface area contributed by atoms with Crippen molar-refractivity contribution in [2.24, 2.45) is 0 Å². The van der Waals surface area contributed by atoms with Crippen LogP contribution in [0.1, 0.15) is 53.9 Å². The summed E-state index contributed by atoms with van der Waals surface area (Å²) in [6.07, 6.45) is 5.61. The van der Waals surface area contributed by atoms with Gasteiger partial charge < -0.3 is 10.2 Å². The summed E-state index contributed by atoms with van der Waals surface area (Å²) in [5.74, 6) is -0.368. The van der Waals surface area contributed by atoms with Crippen LogP contribution in [0.3, 0.4) is 0 Å². The molecule has 3 rings (SSSR count). The largest absolute Gasteiger partial charge is 0.507 e. The van der Waals surface area contributed by atoms with Gasteiger partial charge in [-0.25, -0.2) is 4.79 Å². The molecule has 2 aromatic carbocycles. The van der Waals surface area contributed by atoms with Crippen molar-refractivity contribution >= 4 is 16.7 Å². The van der Waals surface area contributed by atoms with Crippen LogP contribution in [0.5, 0.6) is 5.75 Å². The lowest BCUT2D eigenvalue weighted by Gasteiger charge is -2.25. The molecule has 1 aliphatic carbocycles. The van der Waals surface area contributed by atoms with E-state index in [1.54, 1.807) is 24.3 Å². The second kappa shape index (κ2) is 5.16. The second-order valence-corrected chi connectivity index (χ2v) is 5.54. The number of aromatic carboxylic acids is 1. The number of phenolic OH excluding ortho intramolecular Hbond substituents is 1. The first-order valence-electron chi connectivity index (χ1n) is 7.16. The maximum Gasteiger partial charge on any atom is 0.335 e. The number of aromatic hydroxyl groups is 1. The Kier molecular flexibility index (Phi) is 3.35. The minimum Gasteiger partial charge on any atom is -0.507 e. The van der Waals surface area contributed by atoms with Crippen molar-refractivity contribution in [1.29, 1.82) is 0 Å². The van der Waals surface area contributed by atoms with Gasteiger partial charge in [-0.15, -0.1) is 0 Å². The van der Waals surface area contributed by atoms with Gasteiger partial charge in [-0.1, -0.05) is 31.4 Å². The Bertz CT molecular complexity index is 655. The highest BCUT2D eigenvalue weighted by Crippen LogP contribution is 2.40. The number of carbonyl (C=O) groups is 1. The molecule has 0 saturated heterocycles. The molecule has 0 amide bonds. The van der Waals surface area contributed by atoms with Crippen molar-refractivity contribution in [3.63, 3.8) is 0 Å². The lowest BCUT2D eigenvalue weighted by atomic mass is 9.80. The Morgan fingerprint density at radius 1 is 1.00 bits per heavy atom. The van der Waals surface area contributed by atoms with Gasteiger partial charge in [-0.3, -0.25) is 0 Å². The molecule has 1 fully saturated rings. The number of carboxylic acids is 1. The molecule has 1 saturated carbocycles. The zero-order valence-corrected chi connectivity index (χ0v) is 11.3. The molecule has 0 aliphatic heterocycles. The molecule has 104 valence electrons. The SMILES string of the molecule is O=C(O)c1ccc2c(O)cccc2c1C1CCCCC1. The minimum atomic E-state index is -0.879. The van der Waals surface area contributed by atoms with Crippen molar-refractivity contribution < 1.29 is 15.0 Å². The van der Waals surface area contributed by atoms with Crippen molar-refractivity contribution in [2.75, 3.05) is 0 Å². The Morgan fingerprint density at radius 2 is 1.75 bits per heavy atom. The Labute approximate surface area is 117 Å². The van der Waals surface area contributed by atoms with Crippen LogP contribution in [0.2, 0.25) is 0 Å². The molecule has 0 bridgehead atoms. The van der Waals surface area contributed by atoms with Gasteiger partial charge in [0.2, 0.25) is 0 Å². The molecule has 2 aromatic rings. The number of carboxylic acid groups (broad SMARTS) is 1. The summed E-state index contributed by atoms with van der Waals surface area (Å²) in [6.45, 7) is 0. The fourth-order valence-electron chi connectivity index (χ4n) is 3.38. The van der Waals surface area contributed by atoms with Crippen LogP contribution in [-0.2, 0) is 0 Å². The third-order valence-electron chi connectivity index (χ3n) is 4.32. The van der Waals surface area contributed by atoms with Crippen LogP contribution in [0.25, 0.3) is 10.8 Å². The van der Waals surface area contributed by atoms with E-state index >= 15 is 0 Å². The summed E-state index contributed by atoms with van der Waals surface area (Å²) in [6, 6.07) is 8.70. The molecule has 1 aliphatic rings. The number of phenols is 1. The van der Waals surface area contributed by atoms with E-state index in [1.807, 2.05) is 6.07 Å². The monoisotopic (exact) mass is 270 g/mol. The molecule has 3 nitrogen and oxygen atoms in total. The number of rotatable bonds is 2. The molecule has 20 heavy (non-hydrogen) atoms. The highest BCUT2D eigenvalue weighted by atomic mass is 16.4. The minimum absolute atomic E-state index is 0.219. The van der Waals surface area contributed by atoms with E-state index in [-0.39, 0.29) is 5.75 Å². The van der Waals surface area contributed by atoms with Crippen molar-refractivity contribution in [3.05, 3.63) is 41.5 Å². The summed E-state index contributed by atoms with van der Waals surface area (Å²) in [5.41, 5.74) is 1.29. The van der Waals surface area contributed by atoms with Gasteiger partial charge in [0.25, 0.3) is 0 Å². The van der Waals surface area contributed by atoms with Crippen molar-refractivity contribution in [1.82, 2.24) is 0 Å². The van der Waals surface area contributed by atoms with Crippen LogP contribution < -0.4 is 0 Å². The number of hydrogen-bond acceptors (Lipinski definition) is 2. The van der Waals surface area contributed by atoms with Crippen LogP contribution in [-0.4, -0.2) is 16.2 Å². The summed E-state index contributed by atoms with van der Waals surface area (Å²) in [7, 11) is 0. The average molecular weight is 270 g/mol. The van der Waals surface area contributed by atoms with Gasteiger partial charge in [0, 0.05) is 5.39 Å². The Balaban J connectivity index is 2.26.